The minimum Gasteiger partial charge on any atom is -0.489 e. The molecule has 2 aromatic rings. The highest BCUT2D eigenvalue weighted by Crippen LogP contribution is 2.20. The van der Waals surface area contributed by atoms with E-state index in [4.69, 9.17) is 15.9 Å². The van der Waals surface area contributed by atoms with Gasteiger partial charge in [-0.25, -0.2) is 0 Å². The van der Waals surface area contributed by atoms with E-state index in [1.807, 2.05) is 49.3 Å². The minimum atomic E-state index is -0.0498. The average molecular weight is 270 g/mol. The number of rotatable bonds is 5. The molecule has 0 atom stereocenters. The topological polar surface area (TPSA) is 75.2 Å². The van der Waals surface area contributed by atoms with Crippen LogP contribution >= 0.6 is 0 Å². The first-order valence-electron chi connectivity index (χ1n) is 6.26. The Balaban J connectivity index is 2.13. The fourth-order valence-electron chi connectivity index (χ4n) is 1.81. The first-order valence-corrected chi connectivity index (χ1v) is 6.26. The normalized spacial score (nSPS) is 10.1. The Bertz CT molecular complexity index is 610. The number of hydrogen-bond acceptors (Lipinski definition) is 4. The van der Waals surface area contributed by atoms with Gasteiger partial charge in [-0.1, -0.05) is 12.1 Å². The Morgan fingerprint density at radius 3 is 2.80 bits per heavy atom. The van der Waals surface area contributed by atoms with Gasteiger partial charge in [0.1, 0.15) is 23.9 Å². The number of nitrogens with one attached hydrogen (secondary N) is 1. The van der Waals surface area contributed by atoms with Crippen LogP contribution in [-0.4, -0.2) is 24.9 Å². The van der Waals surface area contributed by atoms with E-state index in [-0.39, 0.29) is 5.84 Å². The molecule has 0 unspecified atom stereocenters. The predicted molar refractivity (Wildman–Crippen MR) is 80.4 cm³/mol. The summed E-state index contributed by atoms with van der Waals surface area (Å²) in [6, 6.07) is 11.5. The SMILES string of the molecule is CN(C)c1cccc(OCc2cccnc2C(=N)N)c1. The number of ether oxygens (including phenoxy) is 1. The average Bonchev–Trinajstić information content (AvgIpc) is 2.45. The van der Waals surface area contributed by atoms with Crippen molar-refractivity contribution in [2.45, 2.75) is 6.61 Å². The van der Waals surface area contributed by atoms with Crippen molar-refractivity contribution in [3.8, 4) is 5.75 Å². The summed E-state index contributed by atoms with van der Waals surface area (Å²) < 4.78 is 5.75. The van der Waals surface area contributed by atoms with E-state index < -0.39 is 0 Å². The molecule has 0 saturated heterocycles. The predicted octanol–water partition coefficient (Wildman–Crippen LogP) is 2.01. The number of hydrogen-bond donors (Lipinski definition) is 2. The van der Waals surface area contributed by atoms with Crippen molar-refractivity contribution in [2.24, 2.45) is 5.73 Å². The molecule has 0 radical (unpaired) electrons. The van der Waals surface area contributed by atoms with Crippen molar-refractivity contribution in [2.75, 3.05) is 19.0 Å². The number of amidine groups is 1. The number of nitrogen functional groups attached to an aromatic ring is 1. The van der Waals surface area contributed by atoms with Gasteiger partial charge in [-0.15, -0.1) is 0 Å². The number of anilines is 1. The summed E-state index contributed by atoms with van der Waals surface area (Å²) in [4.78, 5) is 6.11. The van der Waals surface area contributed by atoms with Crippen molar-refractivity contribution in [3.05, 3.63) is 53.9 Å². The second kappa shape index (κ2) is 6.06. The van der Waals surface area contributed by atoms with E-state index in [2.05, 4.69) is 4.98 Å². The van der Waals surface area contributed by atoms with Crippen LogP contribution in [0.2, 0.25) is 0 Å². The van der Waals surface area contributed by atoms with Crippen LogP contribution in [0.15, 0.2) is 42.6 Å². The molecule has 1 aromatic heterocycles. The number of aromatic nitrogens is 1. The third-order valence-corrected chi connectivity index (χ3v) is 2.87. The lowest BCUT2D eigenvalue weighted by molar-refractivity contribution is 0.305. The summed E-state index contributed by atoms with van der Waals surface area (Å²) in [6.07, 6.45) is 1.62. The Hall–Kier alpha value is -2.56. The van der Waals surface area contributed by atoms with Crippen molar-refractivity contribution < 1.29 is 4.74 Å². The fraction of sp³-hybridized carbons (Fsp3) is 0.200. The molecule has 0 spiro atoms. The molecule has 0 amide bonds. The van der Waals surface area contributed by atoms with E-state index in [0.717, 1.165) is 17.0 Å². The van der Waals surface area contributed by atoms with Gasteiger partial charge in [-0.05, 0) is 18.2 Å². The van der Waals surface area contributed by atoms with Crippen LogP contribution in [0.1, 0.15) is 11.3 Å². The third-order valence-electron chi connectivity index (χ3n) is 2.87. The summed E-state index contributed by atoms with van der Waals surface area (Å²) >= 11 is 0. The molecule has 0 aliphatic heterocycles. The molecule has 0 fully saturated rings. The van der Waals surface area contributed by atoms with Crippen LogP contribution in [-0.2, 0) is 6.61 Å². The Morgan fingerprint density at radius 1 is 1.30 bits per heavy atom. The summed E-state index contributed by atoms with van der Waals surface area (Å²) in [7, 11) is 3.96. The molecule has 0 aliphatic carbocycles. The molecule has 0 aliphatic rings. The van der Waals surface area contributed by atoms with Gasteiger partial charge < -0.3 is 15.4 Å². The molecule has 5 nitrogen and oxygen atoms in total. The fourth-order valence-corrected chi connectivity index (χ4v) is 1.81. The molecule has 0 saturated carbocycles. The number of benzene rings is 1. The van der Waals surface area contributed by atoms with Crippen molar-refractivity contribution in [1.82, 2.24) is 4.98 Å². The summed E-state index contributed by atoms with van der Waals surface area (Å²) in [5.74, 6) is 0.723. The van der Waals surface area contributed by atoms with Crippen LogP contribution in [0, 0.1) is 5.41 Å². The highest BCUT2D eigenvalue weighted by Gasteiger charge is 2.07. The second-order valence-electron chi connectivity index (χ2n) is 4.61. The minimum absolute atomic E-state index is 0.0498. The van der Waals surface area contributed by atoms with Gasteiger partial charge in [0, 0.05) is 37.6 Å². The van der Waals surface area contributed by atoms with Crippen LogP contribution in [0.3, 0.4) is 0 Å². The number of nitrogens with two attached hydrogens (primary N) is 1. The largest absolute Gasteiger partial charge is 0.489 e. The summed E-state index contributed by atoms with van der Waals surface area (Å²) in [5, 5.41) is 7.50. The van der Waals surface area contributed by atoms with Gasteiger partial charge in [0.05, 0.1) is 0 Å². The highest BCUT2D eigenvalue weighted by atomic mass is 16.5. The van der Waals surface area contributed by atoms with Gasteiger partial charge in [0.2, 0.25) is 0 Å². The summed E-state index contributed by atoms with van der Waals surface area (Å²) in [5.41, 5.74) is 7.85. The molecular formula is C15H18N4O. The molecule has 0 bridgehead atoms. The van der Waals surface area contributed by atoms with Crippen LogP contribution < -0.4 is 15.4 Å². The van der Waals surface area contributed by atoms with Gasteiger partial charge in [0.25, 0.3) is 0 Å². The first-order chi connectivity index (χ1) is 9.58. The van der Waals surface area contributed by atoms with E-state index in [1.165, 1.54) is 0 Å². The standard InChI is InChI=1S/C15H18N4O/c1-19(2)12-6-3-7-13(9-12)20-10-11-5-4-8-18-14(11)15(16)17/h3-9H,10H2,1-2H3,(H3,16,17). The van der Waals surface area contributed by atoms with Crippen molar-refractivity contribution >= 4 is 11.5 Å². The van der Waals surface area contributed by atoms with Crippen LogP contribution in [0.4, 0.5) is 5.69 Å². The van der Waals surface area contributed by atoms with Gasteiger partial charge in [0.15, 0.2) is 0 Å². The zero-order valence-electron chi connectivity index (χ0n) is 11.6. The lowest BCUT2D eigenvalue weighted by atomic mass is 10.2. The quantitative estimate of drug-likeness (QED) is 0.643. The zero-order valence-corrected chi connectivity index (χ0v) is 11.6. The molecule has 1 aromatic carbocycles. The smallest absolute Gasteiger partial charge is 0.142 e. The second-order valence-corrected chi connectivity index (χ2v) is 4.61. The van der Waals surface area contributed by atoms with Crippen molar-refractivity contribution in [1.29, 1.82) is 5.41 Å². The number of nitrogens with zero attached hydrogens (tertiary/aromatic N) is 2. The monoisotopic (exact) mass is 270 g/mol. The van der Waals surface area contributed by atoms with E-state index >= 15 is 0 Å². The lowest BCUT2D eigenvalue weighted by Gasteiger charge is -2.14. The Morgan fingerprint density at radius 2 is 2.10 bits per heavy atom. The van der Waals surface area contributed by atoms with E-state index in [1.54, 1.807) is 12.3 Å². The maximum absolute atomic E-state index is 7.50. The van der Waals surface area contributed by atoms with Gasteiger partial charge in [-0.2, -0.15) is 0 Å². The first kappa shape index (κ1) is 13.9. The molecule has 20 heavy (non-hydrogen) atoms. The van der Waals surface area contributed by atoms with Crippen LogP contribution in [0.25, 0.3) is 0 Å². The maximum Gasteiger partial charge on any atom is 0.142 e. The van der Waals surface area contributed by atoms with Crippen molar-refractivity contribution in [3.63, 3.8) is 0 Å². The molecule has 2 rings (SSSR count). The zero-order chi connectivity index (χ0) is 14.5. The third kappa shape index (κ3) is 3.26. The van der Waals surface area contributed by atoms with Crippen LogP contribution in [0.5, 0.6) is 5.75 Å². The molecule has 1 heterocycles. The Labute approximate surface area is 118 Å². The van der Waals surface area contributed by atoms with E-state index in [0.29, 0.717) is 12.3 Å². The maximum atomic E-state index is 7.50. The molecular weight excluding hydrogens is 252 g/mol. The summed E-state index contributed by atoms with van der Waals surface area (Å²) in [6.45, 7) is 0.333. The number of pyridine rings is 1. The van der Waals surface area contributed by atoms with E-state index in [9.17, 15) is 0 Å². The van der Waals surface area contributed by atoms with Gasteiger partial charge in [-0.3, -0.25) is 10.4 Å². The lowest BCUT2D eigenvalue weighted by Crippen LogP contribution is -2.16. The molecule has 3 N–H and O–H groups in total. The highest BCUT2D eigenvalue weighted by molar-refractivity contribution is 5.94. The Kier molecular flexibility index (Phi) is 4.20. The molecule has 5 heteroatoms. The molecule has 104 valence electrons. The van der Waals surface area contributed by atoms with Gasteiger partial charge >= 0.3 is 0 Å².